The van der Waals surface area contributed by atoms with Crippen molar-refractivity contribution in [1.82, 2.24) is 0 Å². The first-order chi connectivity index (χ1) is 3.98. The summed E-state index contributed by atoms with van der Waals surface area (Å²) in [6, 6.07) is 0. The van der Waals surface area contributed by atoms with Gasteiger partial charge in [-0.1, -0.05) is 34.6 Å². The minimum Gasteiger partial charge on any atom is -0.0622 e. The molecule has 0 spiro atoms. The Labute approximate surface area is 59.7 Å². The molecule has 0 aliphatic heterocycles. The molecule has 9 heavy (non-hydrogen) atoms. The van der Waals surface area contributed by atoms with Gasteiger partial charge in [0.25, 0.3) is 0 Å². The summed E-state index contributed by atoms with van der Waals surface area (Å²) < 4.78 is 0. The molecule has 0 saturated carbocycles. The summed E-state index contributed by atoms with van der Waals surface area (Å²) in [6.07, 6.45) is 3.49. The van der Waals surface area contributed by atoms with Crippen LogP contribution in [0.1, 0.15) is 41.0 Å². The van der Waals surface area contributed by atoms with Gasteiger partial charge in [0.05, 0.1) is 0 Å². The third-order valence-electron chi connectivity index (χ3n) is 2.07. The van der Waals surface area contributed by atoms with Crippen molar-refractivity contribution in [1.29, 1.82) is 0 Å². The van der Waals surface area contributed by atoms with Crippen LogP contribution in [0.4, 0.5) is 0 Å². The van der Waals surface area contributed by atoms with Crippen LogP contribution in [0.3, 0.4) is 0 Å². The van der Waals surface area contributed by atoms with E-state index in [1.165, 1.54) is 6.42 Å². The highest BCUT2D eigenvalue weighted by atomic mass is 14.2. The van der Waals surface area contributed by atoms with E-state index in [4.69, 9.17) is 0 Å². The molecule has 0 amide bonds. The van der Waals surface area contributed by atoms with Gasteiger partial charge in [0.15, 0.2) is 0 Å². The topological polar surface area (TPSA) is 0 Å². The normalized spacial score (nSPS) is 15.7. The van der Waals surface area contributed by atoms with Crippen LogP contribution < -0.4 is 0 Å². The zero-order valence-electron chi connectivity index (χ0n) is 7.36. The SMILES string of the molecule is C[CH]CC(C)C(C)(C)C. The summed E-state index contributed by atoms with van der Waals surface area (Å²) in [4.78, 5) is 0. The van der Waals surface area contributed by atoms with Crippen molar-refractivity contribution < 1.29 is 0 Å². The van der Waals surface area contributed by atoms with Gasteiger partial charge in [0.2, 0.25) is 0 Å². The first kappa shape index (κ1) is 9.00. The van der Waals surface area contributed by atoms with E-state index in [1.807, 2.05) is 0 Å². The molecule has 0 nitrogen and oxygen atoms in total. The maximum absolute atomic E-state index is 2.31. The third kappa shape index (κ3) is 3.56. The van der Waals surface area contributed by atoms with E-state index >= 15 is 0 Å². The fraction of sp³-hybridized carbons (Fsp3) is 0.889. The summed E-state index contributed by atoms with van der Waals surface area (Å²) in [6.45, 7) is 11.3. The lowest BCUT2D eigenvalue weighted by atomic mass is 9.80. The number of rotatable bonds is 2. The second-order valence-corrected chi connectivity index (χ2v) is 3.91. The molecule has 0 aromatic carbocycles. The van der Waals surface area contributed by atoms with Crippen LogP contribution in [0.2, 0.25) is 0 Å². The second kappa shape index (κ2) is 3.24. The van der Waals surface area contributed by atoms with E-state index < -0.39 is 0 Å². The Bertz CT molecular complexity index is 66.6. The average molecular weight is 127 g/mol. The summed E-state index contributed by atoms with van der Waals surface area (Å²) >= 11 is 0. The lowest BCUT2D eigenvalue weighted by Gasteiger charge is -2.26. The minimum atomic E-state index is 0.479. The summed E-state index contributed by atoms with van der Waals surface area (Å²) in [7, 11) is 0. The van der Waals surface area contributed by atoms with Crippen LogP contribution in [0, 0.1) is 17.8 Å². The van der Waals surface area contributed by atoms with Gasteiger partial charge in [-0.05, 0) is 24.2 Å². The van der Waals surface area contributed by atoms with Crippen LogP contribution in [0.25, 0.3) is 0 Å². The molecular weight excluding hydrogens is 108 g/mol. The Balaban J connectivity index is 3.59. The quantitative estimate of drug-likeness (QED) is 0.534. The minimum absolute atomic E-state index is 0.479. The summed E-state index contributed by atoms with van der Waals surface area (Å²) in [5, 5.41) is 0. The molecule has 0 aromatic heterocycles. The lowest BCUT2D eigenvalue weighted by molar-refractivity contribution is 0.259. The maximum Gasteiger partial charge on any atom is -0.0357 e. The highest BCUT2D eigenvalue weighted by molar-refractivity contribution is 4.73. The van der Waals surface area contributed by atoms with Crippen LogP contribution in [0.5, 0.6) is 0 Å². The molecule has 0 N–H and O–H groups in total. The molecule has 0 aliphatic rings. The molecule has 0 bridgehead atoms. The van der Waals surface area contributed by atoms with Gasteiger partial charge in [-0.25, -0.2) is 0 Å². The van der Waals surface area contributed by atoms with Crippen molar-refractivity contribution in [2.24, 2.45) is 11.3 Å². The predicted octanol–water partition coefficient (Wildman–Crippen LogP) is 3.28. The van der Waals surface area contributed by atoms with Crippen molar-refractivity contribution in [3.63, 3.8) is 0 Å². The maximum atomic E-state index is 2.31. The molecular formula is C9H19. The van der Waals surface area contributed by atoms with Gasteiger partial charge < -0.3 is 0 Å². The monoisotopic (exact) mass is 127 g/mol. The Morgan fingerprint density at radius 2 is 1.78 bits per heavy atom. The van der Waals surface area contributed by atoms with Gasteiger partial charge in [-0.15, -0.1) is 0 Å². The Morgan fingerprint density at radius 1 is 1.33 bits per heavy atom. The fourth-order valence-corrected chi connectivity index (χ4v) is 0.707. The van der Waals surface area contributed by atoms with Crippen molar-refractivity contribution in [2.75, 3.05) is 0 Å². The Morgan fingerprint density at radius 3 is 1.89 bits per heavy atom. The summed E-state index contributed by atoms with van der Waals surface area (Å²) in [5.74, 6) is 0.808. The molecule has 0 fully saturated rings. The molecule has 0 aliphatic carbocycles. The van der Waals surface area contributed by atoms with Gasteiger partial charge in [-0.3, -0.25) is 0 Å². The van der Waals surface area contributed by atoms with E-state index in [0.717, 1.165) is 5.92 Å². The van der Waals surface area contributed by atoms with Crippen LogP contribution in [-0.4, -0.2) is 0 Å². The van der Waals surface area contributed by atoms with Crippen molar-refractivity contribution >= 4 is 0 Å². The highest BCUT2D eigenvalue weighted by Gasteiger charge is 2.18. The molecule has 0 aromatic rings. The number of hydrogen-bond donors (Lipinski definition) is 0. The van der Waals surface area contributed by atoms with Crippen molar-refractivity contribution in [2.45, 2.75) is 41.0 Å². The molecule has 1 unspecified atom stereocenters. The molecule has 0 saturated heterocycles. The molecule has 0 heterocycles. The molecule has 0 heteroatoms. The van der Waals surface area contributed by atoms with E-state index in [1.54, 1.807) is 0 Å². The number of hydrogen-bond acceptors (Lipinski definition) is 0. The lowest BCUT2D eigenvalue weighted by Crippen LogP contribution is -2.16. The zero-order chi connectivity index (χ0) is 7.49. The Kier molecular flexibility index (Phi) is 3.24. The molecule has 1 atom stereocenters. The highest BCUT2D eigenvalue weighted by Crippen LogP contribution is 2.28. The van der Waals surface area contributed by atoms with Gasteiger partial charge >= 0.3 is 0 Å². The summed E-state index contributed by atoms with van der Waals surface area (Å²) in [5.41, 5.74) is 0.479. The zero-order valence-corrected chi connectivity index (χ0v) is 7.36. The first-order valence-electron chi connectivity index (χ1n) is 3.76. The van der Waals surface area contributed by atoms with Gasteiger partial charge in [0, 0.05) is 0 Å². The Hall–Kier alpha value is 0. The second-order valence-electron chi connectivity index (χ2n) is 3.91. The largest absolute Gasteiger partial charge is 0.0622 e. The van der Waals surface area contributed by atoms with Crippen molar-refractivity contribution in [3.8, 4) is 0 Å². The van der Waals surface area contributed by atoms with E-state index in [9.17, 15) is 0 Å². The van der Waals surface area contributed by atoms with Crippen LogP contribution >= 0.6 is 0 Å². The van der Waals surface area contributed by atoms with Crippen molar-refractivity contribution in [3.05, 3.63) is 6.42 Å². The molecule has 0 rings (SSSR count). The molecule has 55 valence electrons. The average Bonchev–Trinajstić information content (AvgIpc) is 1.64. The van der Waals surface area contributed by atoms with E-state index in [2.05, 4.69) is 41.0 Å². The van der Waals surface area contributed by atoms with E-state index in [0.29, 0.717) is 5.41 Å². The third-order valence-corrected chi connectivity index (χ3v) is 2.07. The first-order valence-corrected chi connectivity index (χ1v) is 3.76. The predicted molar refractivity (Wildman–Crippen MR) is 43.2 cm³/mol. The molecule has 1 radical (unpaired) electrons. The van der Waals surface area contributed by atoms with Gasteiger partial charge in [0.1, 0.15) is 0 Å². The van der Waals surface area contributed by atoms with Crippen LogP contribution in [-0.2, 0) is 0 Å². The standard InChI is InChI=1S/C9H19/c1-6-7-8(2)9(3,4)5/h6,8H,7H2,1-5H3. The van der Waals surface area contributed by atoms with E-state index in [-0.39, 0.29) is 0 Å². The smallest absolute Gasteiger partial charge is 0.0357 e. The fourth-order valence-electron chi connectivity index (χ4n) is 0.707. The van der Waals surface area contributed by atoms with Gasteiger partial charge in [-0.2, -0.15) is 0 Å². The van der Waals surface area contributed by atoms with Crippen LogP contribution in [0.15, 0.2) is 0 Å².